The van der Waals surface area contributed by atoms with E-state index in [2.05, 4.69) is 29.0 Å². The lowest BCUT2D eigenvalue weighted by Crippen LogP contribution is -2.19. The maximum atomic E-state index is 5.50. The van der Waals surface area contributed by atoms with Gasteiger partial charge in [0.05, 0.1) is 11.9 Å². The van der Waals surface area contributed by atoms with Gasteiger partial charge in [-0.1, -0.05) is 0 Å². The van der Waals surface area contributed by atoms with Crippen LogP contribution in [-0.2, 0) is 0 Å². The first-order chi connectivity index (χ1) is 7.58. The second-order valence-electron chi connectivity index (χ2n) is 4.34. The van der Waals surface area contributed by atoms with Gasteiger partial charge in [0.15, 0.2) is 0 Å². The Hall–Kier alpha value is -1.29. The molecule has 0 aliphatic rings. The van der Waals surface area contributed by atoms with Gasteiger partial charge in [-0.2, -0.15) is 0 Å². The van der Waals surface area contributed by atoms with Gasteiger partial charge in [0, 0.05) is 18.7 Å². The van der Waals surface area contributed by atoms with Crippen LogP contribution in [0.5, 0.6) is 5.88 Å². The summed E-state index contributed by atoms with van der Waals surface area (Å²) in [5.74, 6) is 0.677. The molecule has 90 valence electrons. The Labute approximate surface area is 97.6 Å². The van der Waals surface area contributed by atoms with Crippen LogP contribution in [0.3, 0.4) is 0 Å². The van der Waals surface area contributed by atoms with Crippen molar-refractivity contribution in [1.29, 1.82) is 0 Å². The monoisotopic (exact) mass is 223 g/mol. The molecule has 1 aromatic heterocycles. The number of nitrogens with one attached hydrogen (secondary N) is 1. The zero-order chi connectivity index (χ0) is 12.0. The summed E-state index contributed by atoms with van der Waals surface area (Å²) in [6.07, 6.45) is 1.80. The molecule has 4 nitrogen and oxygen atoms in total. The van der Waals surface area contributed by atoms with E-state index in [0.717, 1.165) is 12.2 Å². The molecule has 0 aliphatic carbocycles. The number of likely N-dealkylation sites (N-methyl/N-ethyl adjacent to an activating group) is 1. The van der Waals surface area contributed by atoms with E-state index < -0.39 is 0 Å². The number of rotatable bonds is 6. The molecule has 16 heavy (non-hydrogen) atoms. The summed E-state index contributed by atoms with van der Waals surface area (Å²) in [5, 5.41) is 3.28. The van der Waals surface area contributed by atoms with Gasteiger partial charge in [0.2, 0.25) is 5.88 Å². The molecule has 0 bridgehead atoms. The third-order valence-corrected chi connectivity index (χ3v) is 1.98. The van der Waals surface area contributed by atoms with E-state index in [4.69, 9.17) is 4.74 Å². The van der Waals surface area contributed by atoms with Crippen LogP contribution in [0.2, 0.25) is 0 Å². The number of nitrogens with zero attached hydrogens (tertiary/aromatic N) is 2. The number of anilines is 1. The Kier molecular flexibility index (Phi) is 5.05. The highest BCUT2D eigenvalue weighted by molar-refractivity contribution is 5.42. The number of pyridine rings is 1. The largest absolute Gasteiger partial charge is 0.476 e. The number of hydrogen-bond acceptors (Lipinski definition) is 4. The Morgan fingerprint density at radius 2 is 2.12 bits per heavy atom. The smallest absolute Gasteiger partial charge is 0.213 e. The van der Waals surface area contributed by atoms with Crippen molar-refractivity contribution < 1.29 is 4.74 Å². The lowest BCUT2D eigenvalue weighted by Gasteiger charge is -2.12. The molecule has 0 aliphatic heterocycles. The van der Waals surface area contributed by atoms with Gasteiger partial charge in [-0.3, -0.25) is 0 Å². The molecule has 0 radical (unpaired) electrons. The summed E-state index contributed by atoms with van der Waals surface area (Å²) >= 11 is 0. The molecule has 0 atom stereocenters. The van der Waals surface area contributed by atoms with Gasteiger partial charge >= 0.3 is 0 Å². The van der Waals surface area contributed by atoms with E-state index in [1.54, 1.807) is 6.20 Å². The number of ether oxygens (including phenoxy) is 1. The summed E-state index contributed by atoms with van der Waals surface area (Å²) in [5.41, 5.74) is 1.02. The molecule has 0 amide bonds. The molecular weight excluding hydrogens is 202 g/mol. The predicted molar refractivity (Wildman–Crippen MR) is 67.0 cm³/mol. The van der Waals surface area contributed by atoms with Gasteiger partial charge in [-0.05, 0) is 34.0 Å². The fourth-order valence-corrected chi connectivity index (χ4v) is 1.22. The molecule has 0 fully saturated rings. The topological polar surface area (TPSA) is 37.4 Å². The van der Waals surface area contributed by atoms with Crippen LogP contribution < -0.4 is 10.1 Å². The third kappa shape index (κ3) is 4.98. The van der Waals surface area contributed by atoms with Gasteiger partial charge in [0.1, 0.15) is 6.61 Å². The first-order valence-electron chi connectivity index (χ1n) is 5.58. The van der Waals surface area contributed by atoms with E-state index >= 15 is 0 Å². The van der Waals surface area contributed by atoms with Crippen LogP contribution in [-0.4, -0.2) is 43.2 Å². The maximum absolute atomic E-state index is 5.50. The zero-order valence-electron chi connectivity index (χ0n) is 10.5. The van der Waals surface area contributed by atoms with Crippen molar-refractivity contribution >= 4 is 5.69 Å². The van der Waals surface area contributed by atoms with Crippen LogP contribution in [0.15, 0.2) is 18.3 Å². The van der Waals surface area contributed by atoms with Crippen molar-refractivity contribution in [3.8, 4) is 5.88 Å². The second kappa shape index (κ2) is 6.33. The van der Waals surface area contributed by atoms with Crippen LogP contribution >= 0.6 is 0 Å². The highest BCUT2D eigenvalue weighted by Gasteiger charge is 1.98. The third-order valence-electron chi connectivity index (χ3n) is 1.98. The minimum Gasteiger partial charge on any atom is -0.476 e. The van der Waals surface area contributed by atoms with Gasteiger partial charge < -0.3 is 15.0 Å². The molecular formula is C12H21N3O. The van der Waals surface area contributed by atoms with Gasteiger partial charge in [-0.15, -0.1) is 0 Å². The summed E-state index contributed by atoms with van der Waals surface area (Å²) in [6, 6.07) is 4.29. The van der Waals surface area contributed by atoms with Crippen molar-refractivity contribution in [3.63, 3.8) is 0 Å². The lowest BCUT2D eigenvalue weighted by molar-refractivity contribution is 0.254. The Balaban J connectivity index is 2.39. The molecule has 0 aromatic carbocycles. The van der Waals surface area contributed by atoms with Crippen molar-refractivity contribution in [2.45, 2.75) is 19.9 Å². The summed E-state index contributed by atoms with van der Waals surface area (Å²) in [6.45, 7) is 5.76. The van der Waals surface area contributed by atoms with E-state index in [-0.39, 0.29) is 0 Å². The minimum absolute atomic E-state index is 0.419. The lowest BCUT2D eigenvalue weighted by atomic mass is 10.3. The van der Waals surface area contributed by atoms with Crippen LogP contribution in [0.1, 0.15) is 13.8 Å². The van der Waals surface area contributed by atoms with Crippen LogP contribution in [0.25, 0.3) is 0 Å². The summed E-state index contributed by atoms with van der Waals surface area (Å²) in [7, 11) is 4.04. The van der Waals surface area contributed by atoms with Crippen molar-refractivity contribution in [2.75, 3.05) is 32.6 Å². The van der Waals surface area contributed by atoms with Gasteiger partial charge in [-0.25, -0.2) is 4.98 Å². The van der Waals surface area contributed by atoms with Crippen molar-refractivity contribution in [1.82, 2.24) is 9.88 Å². The molecule has 1 heterocycles. The van der Waals surface area contributed by atoms with E-state index in [1.165, 1.54) is 0 Å². The first kappa shape index (κ1) is 12.8. The fraction of sp³-hybridized carbons (Fsp3) is 0.583. The molecule has 0 saturated heterocycles. The second-order valence-corrected chi connectivity index (χ2v) is 4.34. The average Bonchev–Trinajstić information content (AvgIpc) is 2.19. The van der Waals surface area contributed by atoms with Crippen LogP contribution in [0.4, 0.5) is 5.69 Å². The van der Waals surface area contributed by atoms with E-state index in [1.807, 2.05) is 26.2 Å². The summed E-state index contributed by atoms with van der Waals surface area (Å²) < 4.78 is 5.50. The molecule has 1 N–H and O–H groups in total. The molecule has 0 saturated carbocycles. The molecule has 0 unspecified atom stereocenters. The highest BCUT2D eigenvalue weighted by atomic mass is 16.5. The zero-order valence-corrected chi connectivity index (χ0v) is 10.5. The molecule has 4 heteroatoms. The Morgan fingerprint density at radius 3 is 2.62 bits per heavy atom. The van der Waals surface area contributed by atoms with Gasteiger partial charge in [0.25, 0.3) is 0 Å². The maximum Gasteiger partial charge on any atom is 0.213 e. The molecule has 1 aromatic rings. The predicted octanol–water partition coefficient (Wildman–Crippen LogP) is 1.84. The minimum atomic E-state index is 0.419. The van der Waals surface area contributed by atoms with Crippen molar-refractivity contribution in [2.24, 2.45) is 0 Å². The van der Waals surface area contributed by atoms with E-state index in [9.17, 15) is 0 Å². The fourth-order valence-electron chi connectivity index (χ4n) is 1.22. The quantitative estimate of drug-likeness (QED) is 0.798. The standard InChI is InChI=1S/C12H21N3O/c1-10(2)14-11-5-6-12(13-9-11)16-8-7-15(3)4/h5-6,9-10,14H,7-8H2,1-4H3. The Morgan fingerprint density at radius 1 is 1.38 bits per heavy atom. The highest BCUT2D eigenvalue weighted by Crippen LogP contribution is 2.12. The Bertz CT molecular complexity index is 296. The summed E-state index contributed by atoms with van der Waals surface area (Å²) in [4.78, 5) is 6.30. The van der Waals surface area contributed by atoms with Crippen LogP contribution in [0, 0.1) is 0 Å². The SMILES string of the molecule is CC(C)Nc1ccc(OCCN(C)C)nc1. The van der Waals surface area contributed by atoms with E-state index in [0.29, 0.717) is 18.5 Å². The van der Waals surface area contributed by atoms with Crippen molar-refractivity contribution in [3.05, 3.63) is 18.3 Å². The normalized spacial score (nSPS) is 10.9. The average molecular weight is 223 g/mol. The number of aromatic nitrogens is 1. The molecule has 0 spiro atoms. The molecule has 1 rings (SSSR count). The number of hydrogen-bond donors (Lipinski definition) is 1. The first-order valence-corrected chi connectivity index (χ1v) is 5.58.